The highest BCUT2D eigenvalue weighted by Crippen LogP contribution is 2.41. The van der Waals surface area contributed by atoms with Gasteiger partial charge < -0.3 is 9.64 Å². The molecule has 0 aromatic heterocycles. The van der Waals surface area contributed by atoms with Gasteiger partial charge in [0.1, 0.15) is 12.3 Å². The lowest BCUT2D eigenvalue weighted by Gasteiger charge is -2.43. The van der Waals surface area contributed by atoms with Gasteiger partial charge in [-0.2, -0.15) is 0 Å². The number of halogens is 1. The molecule has 1 aliphatic heterocycles. The summed E-state index contributed by atoms with van der Waals surface area (Å²) < 4.78 is 19.8. The first kappa shape index (κ1) is 21.1. The Morgan fingerprint density at radius 2 is 1.78 bits per heavy atom. The van der Waals surface area contributed by atoms with Gasteiger partial charge in [0.05, 0.1) is 5.92 Å². The van der Waals surface area contributed by atoms with Crippen molar-refractivity contribution >= 4 is 5.97 Å². The van der Waals surface area contributed by atoms with Gasteiger partial charge in [-0.3, -0.25) is 4.79 Å². The number of hydrogen-bond donors (Lipinski definition) is 0. The second kappa shape index (κ2) is 9.24. The number of nitrogens with zero attached hydrogens (tertiary/aromatic N) is 1. The zero-order valence-electron chi connectivity index (χ0n) is 17.8. The summed E-state index contributed by atoms with van der Waals surface area (Å²) in [5.74, 6) is 2.55. The zero-order chi connectivity index (χ0) is 19.6. The monoisotopic (exact) mass is 381 g/mol. The van der Waals surface area contributed by atoms with Crippen LogP contribution in [0.2, 0.25) is 0 Å². The van der Waals surface area contributed by atoms with Crippen LogP contribution in [0.25, 0.3) is 0 Å². The Labute approximate surface area is 165 Å². The average Bonchev–Trinajstić information content (AvgIpc) is 2.62. The maximum Gasteiger partial charge on any atom is 0.310 e. The van der Waals surface area contributed by atoms with E-state index in [0.29, 0.717) is 42.4 Å². The number of piperidine rings is 1. The molecule has 0 aromatic carbocycles. The lowest BCUT2D eigenvalue weighted by Crippen LogP contribution is -2.47. The summed E-state index contributed by atoms with van der Waals surface area (Å²) in [4.78, 5) is 15.6. The molecule has 3 rings (SSSR count). The smallest absolute Gasteiger partial charge is 0.310 e. The van der Waals surface area contributed by atoms with Crippen molar-refractivity contribution in [3.8, 4) is 0 Å². The first-order valence-corrected chi connectivity index (χ1v) is 11.4. The lowest BCUT2D eigenvalue weighted by molar-refractivity contribution is -0.166. The van der Waals surface area contributed by atoms with Crippen molar-refractivity contribution in [1.29, 1.82) is 0 Å². The summed E-state index contributed by atoms with van der Waals surface area (Å²) in [6, 6.07) is 0. The molecule has 0 N–H and O–H groups in total. The third-order valence-electron chi connectivity index (χ3n) is 7.71. The minimum Gasteiger partial charge on any atom is -0.462 e. The van der Waals surface area contributed by atoms with Crippen molar-refractivity contribution in [3.63, 3.8) is 0 Å². The van der Waals surface area contributed by atoms with E-state index in [-0.39, 0.29) is 18.0 Å². The molecule has 3 fully saturated rings. The summed E-state index contributed by atoms with van der Waals surface area (Å²) in [7, 11) is 2.11. The molecule has 2 saturated carbocycles. The van der Waals surface area contributed by atoms with Crippen LogP contribution in [-0.4, -0.2) is 43.3 Å². The Morgan fingerprint density at radius 1 is 1.07 bits per heavy atom. The van der Waals surface area contributed by atoms with E-state index in [1.165, 1.54) is 12.8 Å². The minimum absolute atomic E-state index is 0.0265. The first-order chi connectivity index (χ1) is 12.8. The maximum atomic E-state index is 13.6. The van der Waals surface area contributed by atoms with Gasteiger partial charge in [0.2, 0.25) is 0 Å². The van der Waals surface area contributed by atoms with E-state index in [9.17, 15) is 9.18 Å². The van der Waals surface area contributed by atoms with Crippen molar-refractivity contribution in [1.82, 2.24) is 4.90 Å². The van der Waals surface area contributed by atoms with Crippen molar-refractivity contribution in [2.24, 2.45) is 35.5 Å². The molecule has 4 heteroatoms. The molecule has 2 aliphatic carbocycles. The molecule has 3 aliphatic rings. The van der Waals surface area contributed by atoms with E-state index in [1.54, 1.807) is 0 Å². The normalized spacial score (nSPS) is 41.5. The fraction of sp³-hybridized carbons (Fsp3) is 0.957. The molecule has 0 aromatic rings. The first-order valence-electron chi connectivity index (χ1n) is 11.4. The topological polar surface area (TPSA) is 29.5 Å². The number of ether oxygens (including phenoxy) is 1. The highest BCUT2D eigenvalue weighted by atomic mass is 19.1. The molecule has 0 radical (unpaired) electrons. The molecule has 0 bridgehead atoms. The molecule has 1 heterocycles. The molecular weight excluding hydrogens is 341 g/mol. The number of esters is 1. The van der Waals surface area contributed by atoms with Gasteiger partial charge in [-0.25, -0.2) is 4.39 Å². The van der Waals surface area contributed by atoms with E-state index in [1.807, 2.05) is 0 Å². The average molecular weight is 382 g/mol. The fourth-order valence-electron chi connectivity index (χ4n) is 5.94. The summed E-state index contributed by atoms with van der Waals surface area (Å²) in [5, 5.41) is 0. The highest BCUT2D eigenvalue weighted by Gasteiger charge is 2.42. The number of rotatable bonds is 4. The third-order valence-corrected chi connectivity index (χ3v) is 7.71. The van der Waals surface area contributed by atoms with Crippen molar-refractivity contribution < 1.29 is 13.9 Å². The van der Waals surface area contributed by atoms with Crippen LogP contribution in [0, 0.1) is 35.5 Å². The molecule has 0 spiro atoms. The van der Waals surface area contributed by atoms with Gasteiger partial charge >= 0.3 is 5.97 Å². The number of hydrogen-bond acceptors (Lipinski definition) is 3. The quantitative estimate of drug-likeness (QED) is 0.636. The SMILES string of the molecule is CC(C)[C@@H]1CC[C@@H](C)CC1OC(=O)C1CN(C)CC[C@H]1C1CCC(F)CC1. The molecule has 27 heavy (non-hydrogen) atoms. The Bertz CT molecular complexity index is 489. The highest BCUT2D eigenvalue weighted by molar-refractivity contribution is 5.73. The van der Waals surface area contributed by atoms with Gasteiger partial charge in [0, 0.05) is 6.54 Å². The summed E-state index contributed by atoms with van der Waals surface area (Å²) >= 11 is 0. The molecule has 1 saturated heterocycles. The summed E-state index contributed by atoms with van der Waals surface area (Å²) in [6.07, 6.45) is 7.15. The number of carbonyl (C=O) groups excluding carboxylic acids is 1. The molecule has 0 amide bonds. The third kappa shape index (κ3) is 5.25. The van der Waals surface area contributed by atoms with Crippen LogP contribution in [0.1, 0.15) is 72.1 Å². The minimum atomic E-state index is -0.631. The van der Waals surface area contributed by atoms with Crippen LogP contribution in [0.15, 0.2) is 0 Å². The van der Waals surface area contributed by atoms with Gasteiger partial charge in [-0.1, -0.05) is 27.2 Å². The van der Waals surface area contributed by atoms with Crippen LogP contribution in [0.4, 0.5) is 4.39 Å². The maximum absolute atomic E-state index is 13.6. The van der Waals surface area contributed by atoms with Crippen LogP contribution >= 0.6 is 0 Å². The van der Waals surface area contributed by atoms with Gasteiger partial charge in [0.15, 0.2) is 0 Å². The van der Waals surface area contributed by atoms with Gasteiger partial charge in [0.25, 0.3) is 0 Å². The predicted octanol–water partition coefficient (Wildman–Crippen LogP) is 5.09. The molecule has 3 nitrogen and oxygen atoms in total. The van der Waals surface area contributed by atoms with Crippen LogP contribution in [0.3, 0.4) is 0 Å². The Morgan fingerprint density at radius 3 is 2.44 bits per heavy atom. The van der Waals surface area contributed by atoms with E-state index in [2.05, 4.69) is 32.7 Å². The molecular formula is C23H40FNO2. The standard InChI is InChI=1S/C23H40FNO2/c1-15(2)19-10-5-16(3)13-22(19)27-23(26)21-14-25(4)12-11-20(21)17-6-8-18(24)9-7-17/h15-22H,5-14H2,1-4H3/t16-,17?,18?,19+,20+,21?,22?/m1/s1. The fourth-order valence-corrected chi connectivity index (χ4v) is 5.94. The Kier molecular flexibility index (Phi) is 7.21. The summed E-state index contributed by atoms with van der Waals surface area (Å²) in [5.41, 5.74) is 0. The lowest BCUT2D eigenvalue weighted by atomic mass is 9.70. The number of alkyl halides is 1. The van der Waals surface area contributed by atoms with Gasteiger partial charge in [-0.05, 0) is 88.1 Å². The van der Waals surface area contributed by atoms with E-state index < -0.39 is 6.17 Å². The number of carbonyl (C=O) groups is 1. The van der Waals surface area contributed by atoms with Crippen molar-refractivity contribution in [2.75, 3.05) is 20.1 Å². The van der Waals surface area contributed by atoms with Crippen LogP contribution < -0.4 is 0 Å². The van der Waals surface area contributed by atoms with E-state index in [4.69, 9.17) is 4.74 Å². The second-order valence-corrected chi connectivity index (χ2v) is 10.1. The number of likely N-dealkylation sites (tertiary alicyclic amines) is 1. The van der Waals surface area contributed by atoms with Crippen LogP contribution in [0.5, 0.6) is 0 Å². The van der Waals surface area contributed by atoms with Crippen molar-refractivity contribution in [2.45, 2.75) is 84.4 Å². The van der Waals surface area contributed by atoms with Crippen molar-refractivity contribution in [3.05, 3.63) is 0 Å². The van der Waals surface area contributed by atoms with E-state index >= 15 is 0 Å². The van der Waals surface area contributed by atoms with E-state index in [0.717, 1.165) is 38.8 Å². The van der Waals surface area contributed by atoms with Gasteiger partial charge in [-0.15, -0.1) is 0 Å². The Hall–Kier alpha value is -0.640. The largest absolute Gasteiger partial charge is 0.462 e. The zero-order valence-corrected chi connectivity index (χ0v) is 17.8. The predicted molar refractivity (Wildman–Crippen MR) is 107 cm³/mol. The molecule has 156 valence electrons. The molecule has 2 unspecified atom stereocenters. The molecule has 5 atom stereocenters. The Balaban J connectivity index is 1.67. The van der Waals surface area contributed by atoms with Crippen LogP contribution in [-0.2, 0) is 9.53 Å². The summed E-state index contributed by atoms with van der Waals surface area (Å²) in [6.45, 7) is 8.64. The second-order valence-electron chi connectivity index (χ2n) is 10.1.